The Kier molecular flexibility index (Phi) is 7.20. The van der Waals surface area contributed by atoms with E-state index in [0.717, 1.165) is 40.9 Å². The largest absolute Gasteiger partial charge is 0.324 e. The predicted octanol–water partition coefficient (Wildman–Crippen LogP) is 5.17. The summed E-state index contributed by atoms with van der Waals surface area (Å²) in [6.07, 6.45) is 2.47. The molecule has 2 aromatic carbocycles. The van der Waals surface area contributed by atoms with Crippen molar-refractivity contribution < 1.29 is 9.59 Å². The number of nitrogens with zero attached hydrogens (tertiary/aromatic N) is 2. The molecule has 172 valence electrons. The molecule has 0 saturated heterocycles. The first-order chi connectivity index (χ1) is 15.9. The third-order valence-electron chi connectivity index (χ3n) is 5.88. The van der Waals surface area contributed by atoms with Gasteiger partial charge >= 0.3 is 0 Å². The van der Waals surface area contributed by atoms with Crippen molar-refractivity contribution >= 4 is 34.0 Å². The van der Waals surface area contributed by atoms with Gasteiger partial charge in [-0.2, -0.15) is 0 Å². The first kappa shape index (κ1) is 23.1. The van der Waals surface area contributed by atoms with Crippen LogP contribution in [0.3, 0.4) is 0 Å². The molecule has 1 saturated carbocycles. The second-order valence-electron chi connectivity index (χ2n) is 8.72. The molecule has 1 aliphatic carbocycles. The van der Waals surface area contributed by atoms with Crippen molar-refractivity contribution in [3.63, 3.8) is 0 Å². The number of aryl methyl sites for hydroxylation is 3. The number of thiazole rings is 1. The quantitative estimate of drug-likeness (QED) is 0.460. The molecule has 4 rings (SSSR count). The van der Waals surface area contributed by atoms with Crippen LogP contribution < -0.4 is 10.6 Å². The molecule has 7 heteroatoms. The highest BCUT2D eigenvalue weighted by Gasteiger charge is 2.30. The van der Waals surface area contributed by atoms with Crippen molar-refractivity contribution in [1.29, 1.82) is 0 Å². The standard InChI is InChI=1S/C26H30N4O2S/c1-17-7-9-20(10-8-17)22-16-33-26(27-22)29-23(31)13-14-30(21-11-12-21)15-24(32)28-25-18(2)5-4-6-19(25)3/h4-10,16,21H,11-15H2,1-3H3,(H,28,32)(H,27,29,31). The van der Waals surface area contributed by atoms with E-state index in [0.29, 0.717) is 30.7 Å². The molecule has 1 aliphatic rings. The van der Waals surface area contributed by atoms with E-state index < -0.39 is 0 Å². The highest BCUT2D eigenvalue weighted by atomic mass is 32.1. The van der Waals surface area contributed by atoms with Gasteiger partial charge in [0.05, 0.1) is 12.2 Å². The minimum atomic E-state index is -0.0828. The number of hydrogen-bond donors (Lipinski definition) is 2. The summed E-state index contributed by atoms with van der Waals surface area (Å²) < 4.78 is 0. The average molecular weight is 463 g/mol. The molecule has 6 nitrogen and oxygen atoms in total. The Morgan fingerprint density at radius 3 is 2.36 bits per heavy atom. The molecule has 1 aromatic heterocycles. The van der Waals surface area contributed by atoms with E-state index in [1.807, 2.05) is 49.6 Å². The maximum absolute atomic E-state index is 12.7. The molecule has 0 spiro atoms. The van der Waals surface area contributed by atoms with Gasteiger partial charge in [-0.1, -0.05) is 48.0 Å². The molecule has 0 aliphatic heterocycles. The molecule has 0 bridgehead atoms. The monoisotopic (exact) mass is 462 g/mol. The van der Waals surface area contributed by atoms with Crippen LogP contribution in [-0.2, 0) is 9.59 Å². The highest BCUT2D eigenvalue weighted by Crippen LogP contribution is 2.28. The summed E-state index contributed by atoms with van der Waals surface area (Å²) in [6.45, 7) is 6.88. The van der Waals surface area contributed by atoms with Crippen LogP contribution in [0.4, 0.5) is 10.8 Å². The number of amides is 2. The van der Waals surface area contributed by atoms with Crippen molar-refractivity contribution in [1.82, 2.24) is 9.88 Å². The van der Waals surface area contributed by atoms with Gasteiger partial charge in [0.2, 0.25) is 11.8 Å². The number of carbonyl (C=O) groups is 2. The number of benzene rings is 2. The Hall–Kier alpha value is -3.03. The van der Waals surface area contributed by atoms with Crippen molar-refractivity contribution in [3.05, 3.63) is 64.5 Å². The molecule has 1 fully saturated rings. The normalized spacial score (nSPS) is 13.2. The van der Waals surface area contributed by atoms with Gasteiger partial charge in [0.1, 0.15) is 0 Å². The highest BCUT2D eigenvalue weighted by molar-refractivity contribution is 7.14. The Balaban J connectivity index is 1.29. The predicted molar refractivity (Wildman–Crippen MR) is 135 cm³/mol. The van der Waals surface area contributed by atoms with Crippen LogP contribution in [0, 0.1) is 20.8 Å². The van der Waals surface area contributed by atoms with Crippen LogP contribution >= 0.6 is 11.3 Å². The van der Waals surface area contributed by atoms with Crippen molar-refractivity contribution in [2.24, 2.45) is 0 Å². The van der Waals surface area contributed by atoms with Crippen LogP contribution in [0.25, 0.3) is 11.3 Å². The fraction of sp³-hybridized carbons (Fsp3) is 0.346. The topological polar surface area (TPSA) is 74.3 Å². The average Bonchev–Trinajstić information content (AvgIpc) is 3.53. The molecular weight excluding hydrogens is 432 g/mol. The minimum absolute atomic E-state index is 0.0395. The first-order valence-electron chi connectivity index (χ1n) is 11.3. The molecule has 33 heavy (non-hydrogen) atoms. The van der Waals surface area contributed by atoms with Crippen LogP contribution in [0.2, 0.25) is 0 Å². The van der Waals surface area contributed by atoms with E-state index in [-0.39, 0.29) is 11.8 Å². The Morgan fingerprint density at radius 1 is 1.00 bits per heavy atom. The van der Waals surface area contributed by atoms with Gasteiger partial charge in [0.15, 0.2) is 5.13 Å². The minimum Gasteiger partial charge on any atom is -0.324 e. The van der Waals surface area contributed by atoms with Gasteiger partial charge in [-0.25, -0.2) is 4.98 Å². The second kappa shape index (κ2) is 10.3. The van der Waals surface area contributed by atoms with E-state index in [9.17, 15) is 9.59 Å². The van der Waals surface area contributed by atoms with Crippen LogP contribution in [0.5, 0.6) is 0 Å². The Morgan fingerprint density at radius 2 is 1.70 bits per heavy atom. The van der Waals surface area contributed by atoms with Crippen molar-refractivity contribution in [2.45, 2.75) is 46.1 Å². The van der Waals surface area contributed by atoms with E-state index in [1.54, 1.807) is 0 Å². The van der Waals surface area contributed by atoms with Gasteiger partial charge in [-0.05, 0) is 44.7 Å². The van der Waals surface area contributed by atoms with E-state index >= 15 is 0 Å². The summed E-state index contributed by atoms with van der Waals surface area (Å²) in [4.78, 5) is 31.9. The molecule has 1 heterocycles. The van der Waals surface area contributed by atoms with Gasteiger partial charge in [-0.3, -0.25) is 14.5 Å². The molecular formula is C26H30N4O2S. The van der Waals surface area contributed by atoms with E-state index in [4.69, 9.17) is 0 Å². The van der Waals surface area contributed by atoms with Crippen LogP contribution in [-0.4, -0.2) is 40.8 Å². The second-order valence-corrected chi connectivity index (χ2v) is 9.58. The third-order valence-corrected chi connectivity index (χ3v) is 6.64. The zero-order chi connectivity index (χ0) is 23.4. The van der Waals surface area contributed by atoms with E-state index in [2.05, 4.69) is 39.6 Å². The smallest absolute Gasteiger partial charge is 0.238 e. The summed E-state index contributed by atoms with van der Waals surface area (Å²) in [5.41, 5.74) is 6.07. The van der Waals surface area contributed by atoms with Crippen molar-refractivity contribution in [2.75, 3.05) is 23.7 Å². The molecule has 0 atom stereocenters. The fourth-order valence-electron chi connectivity index (χ4n) is 3.82. The van der Waals surface area contributed by atoms with Crippen molar-refractivity contribution in [3.8, 4) is 11.3 Å². The lowest BCUT2D eigenvalue weighted by molar-refractivity contribution is -0.119. The zero-order valence-corrected chi connectivity index (χ0v) is 20.2. The number of aromatic nitrogens is 1. The molecule has 3 aromatic rings. The third kappa shape index (κ3) is 6.27. The SMILES string of the molecule is Cc1ccc(-c2csc(NC(=O)CCN(CC(=O)Nc3c(C)cccc3C)C3CC3)n2)cc1. The summed E-state index contributed by atoms with van der Waals surface area (Å²) in [7, 11) is 0. The molecule has 2 amide bonds. The summed E-state index contributed by atoms with van der Waals surface area (Å²) >= 11 is 1.42. The lowest BCUT2D eigenvalue weighted by Gasteiger charge is -2.21. The van der Waals surface area contributed by atoms with Gasteiger partial charge in [0.25, 0.3) is 0 Å². The maximum atomic E-state index is 12.7. The van der Waals surface area contributed by atoms with Gasteiger partial charge < -0.3 is 10.6 Å². The number of hydrogen-bond acceptors (Lipinski definition) is 5. The summed E-state index contributed by atoms with van der Waals surface area (Å²) in [6, 6.07) is 14.5. The molecule has 2 N–H and O–H groups in total. The maximum Gasteiger partial charge on any atom is 0.238 e. The number of anilines is 2. The summed E-state index contributed by atoms with van der Waals surface area (Å²) in [5.74, 6) is -0.122. The summed E-state index contributed by atoms with van der Waals surface area (Å²) in [5, 5.41) is 8.51. The van der Waals surface area contributed by atoms with Crippen LogP contribution in [0.15, 0.2) is 47.8 Å². The number of carbonyl (C=O) groups excluding carboxylic acids is 2. The Bertz CT molecular complexity index is 1120. The van der Waals surface area contributed by atoms with E-state index in [1.165, 1.54) is 16.9 Å². The van der Waals surface area contributed by atoms with Crippen LogP contribution in [0.1, 0.15) is 36.0 Å². The zero-order valence-electron chi connectivity index (χ0n) is 19.4. The molecule has 0 unspecified atom stereocenters. The lowest BCUT2D eigenvalue weighted by atomic mass is 10.1. The Labute approximate surface area is 199 Å². The van der Waals surface area contributed by atoms with Gasteiger partial charge in [-0.15, -0.1) is 11.3 Å². The first-order valence-corrected chi connectivity index (χ1v) is 12.2. The number of nitrogens with one attached hydrogen (secondary N) is 2. The van der Waals surface area contributed by atoms with Gasteiger partial charge in [0, 0.05) is 35.6 Å². The lowest BCUT2D eigenvalue weighted by Crippen LogP contribution is -2.37. The number of rotatable bonds is 9. The number of para-hydroxylation sites is 1. The fourth-order valence-corrected chi connectivity index (χ4v) is 4.56. The molecule has 0 radical (unpaired) electrons.